The zero-order valence-corrected chi connectivity index (χ0v) is 15.4. The minimum absolute atomic E-state index is 0.257. The number of benzene rings is 2. The van der Waals surface area contributed by atoms with Crippen LogP contribution < -0.4 is 4.74 Å². The lowest BCUT2D eigenvalue weighted by Gasteiger charge is -2.10. The monoisotopic (exact) mass is 386 g/mol. The Morgan fingerprint density at radius 3 is 2.62 bits per heavy atom. The number of hydrogen-bond donors (Lipinski definition) is 0. The Bertz CT molecular complexity index is 969. The third-order valence-electron chi connectivity index (χ3n) is 4.14. The van der Waals surface area contributed by atoms with Gasteiger partial charge in [-0.3, -0.25) is 4.79 Å². The standard InChI is InChI=1S/C20H16Cl2N2O2/c21-18-4-3-5-19(22)17(18)13-26-16-6-7-20-14(11-16)10-15(12-25)24(20)9-2-1-8-23/h3-7,10-12H,1-2,9,13H2. The van der Waals surface area contributed by atoms with Gasteiger partial charge in [-0.05, 0) is 42.8 Å². The molecule has 3 rings (SSSR count). The van der Waals surface area contributed by atoms with Gasteiger partial charge in [-0.2, -0.15) is 5.26 Å². The predicted molar refractivity (Wildman–Crippen MR) is 103 cm³/mol. The van der Waals surface area contributed by atoms with Crippen LogP contribution in [0.2, 0.25) is 10.0 Å². The van der Waals surface area contributed by atoms with E-state index in [4.69, 9.17) is 33.2 Å². The first-order valence-electron chi connectivity index (χ1n) is 8.15. The maximum absolute atomic E-state index is 11.4. The van der Waals surface area contributed by atoms with E-state index in [2.05, 4.69) is 6.07 Å². The number of nitriles is 1. The Morgan fingerprint density at radius 1 is 1.15 bits per heavy atom. The van der Waals surface area contributed by atoms with Gasteiger partial charge in [0.2, 0.25) is 0 Å². The summed E-state index contributed by atoms with van der Waals surface area (Å²) in [4.78, 5) is 11.4. The summed E-state index contributed by atoms with van der Waals surface area (Å²) in [6, 6.07) is 14.9. The van der Waals surface area contributed by atoms with Crippen molar-refractivity contribution >= 4 is 40.4 Å². The topological polar surface area (TPSA) is 55.0 Å². The molecule has 0 aliphatic carbocycles. The van der Waals surface area contributed by atoms with E-state index >= 15 is 0 Å². The maximum atomic E-state index is 11.4. The van der Waals surface area contributed by atoms with Crippen LogP contribution in [0.4, 0.5) is 0 Å². The number of aromatic nitrogens is 1. The summed E-state index contributed by atoms with van der Waals surface area (Å²) in [6.07, 6.45) is 1.98. The maximum Gasteiger partial charge on any atom is 0.166 e. The van der Waals surface area contributed by atoms with Crippen LogP contribution in [0, 0.1) is 11.3 Å². The molecule has 132 valence electrons. The molecule has 0 N–H and O–H groups in total. The summed E-state index contributed by atoms with van der Waals surface area (Å²) in [7, 11) is 0. The minimum Gasteiger partial charge on any atom is -0.489 e. The van der Waals surface area contributed by atoms with Crippen LogP contribution in [0.25, 0.3) is 10.9 Å². The average Bonchev–Trinajstić information content (AvgIpc) is 2.98. The number of aldehydes is 1. The van der Waals surface area contributed by atoms with Crippen molar-refractivity contribution in [3.05, 3.63) is 63.8 Å². The third kappa shape index (κ3) is 3.85. The number of fused-ring (bicyclic) bond motifs is 1. The number of carbonyl (C=O) groups excluding carboxylic acids is 1. The van der Waals surface area contributed by atoms with Crippen LogP contribution in [-0.2, 0) is 13.2 Å². The molecule has 0 aliphatic heterocycles. The van der Waals surface area contributed by atoms with Gasteiger partial charge in [0.25, 0.3) is 0 Å². The Labute approximate surface area is 161 Å². The fourth-order valence-corrected chi connectivity index (χ4v) is 3.36. The van der Waals surface area contributed by atoms with Crippen molar-refractivity contribution in [3.63, 3.8) is 0 Å². The van der Waals surface area contributed by atoms with Crippen LogP contribution in [0.15, 0.2) is 42.5 Å². The Morgan fingerprint density at radius 2 is 1.92 bits per heavy atom. The summed E-state index contributed by atoms with van der Waals surface area (Å²) in [5, 5.41) is 10.7. The van der Waals surface area contributed by atoms with Gasteiger partial charge in [-0.15, -0.1) is 0 Å². The lowest BCUT2D eigenvalue weighted by molar-refractivity contribution is 0.111. The first-order valence-corrected chi connectivity index (χ1v) is 8.90. The van der Waals surface area contributed by atoms with Gasteiger partial charge >= 0.3 is 0 Å². The number of aryl methyl sites for hydroxylation is 1. The molecule has 3 aromatic rings. The van der Waals surface area contributed by atoms with Gasteiger partial charge in [-0.1, -0.05) is 29.3 Å². The van der Waals surface area contributed by atoms with E-state index in [9.17, 15) is 4.79 Å². The Balaban J connectivity index is 1.83. The average molecular weight is 387 g/mol. The van der Waals surface area contributed by atoms with Crippen molar-refractivity contribution in [1.29, 1.82) is 5.26 Å². The molecular weight excluding hydrogens is 371 g/mol. The fourth-order valence-electron chi connectivity index (χ4n) is 2.85. The zero-order valence-electron chi connectivity index (χ0n) is 13.9. The Hall–Kier alpha value is -2.48. The molecule has 26 heavy (non-hydrogen) atoms. The highest BCUT2D eigenvalue weighted by Gasteiger charge is 2.10. The van der Waals surface area contributed by atoms with Gasteiger partial charge in [0.15, 0.2) is 6.29 Å². The molecule has 0 spiro atoms. The summed E-state index contributed by atoms with van der Waals surface area (Å²) >= 11 is 12.3. The molecule has 4 nitrogen and oxygen atoms in total. The lowest BCUT2D eigenvalue weighted by atomic mass is 10.2. The number of ether oxygens (including phenoxy) is 1. The molecular formula is C20H16Cl2N2O2. The van der Waals surface area contributed by atoms with Crippen LogP contribution >= 0.6 is 23.2 Å². The van der Waals surface area contributed by atoms with E-state index in [0.29, 0.717) is 40.9 Å². The number of carbonyl (C=O) groups is 1. The molecule has 0 amide bonds. The van der Waals surface area contributed by atoms with Crippen molar-refractivity contribution in [3.8, 4) is 11.8 Å². The molecule has 6 heteroatoms. The van der Waals surface area contributed by atoms with E-state index in [1.165, 1.54) is 0 Å². The van der Waals surface area contributed by atoms with Crippen molar-refractivity contribution < 1.29 is 9.53 Å². The number of unbranched alkanes of at least 4 members (excludes halogenated alkanes) is 1. The normalized spacial score (nSPS) is 10.7. The highest BCUT2D eigenvalue weighted by molar-refractivity contribution is 6.35. The van der Waals surface area contributed by atoms with Crippen molar-refractivity contribution in [2.45, 2.75) is 26.0 Å². The van der Waals surface area contributed by atoms with Gasteiger partial charge in [-0.25, -0.2) is 0 Å². The molecule has 0 saturated heterocycles. The second kappa shape index (κ2) is 8.27. The molecule has 2 aromatic carbocycles. The number of rotatable bonds is 7. The molecule has 1 aromatic heterocycles. The van der Waals surface area contributed by atoms with Crippen LogP contribution in [-0.4, -0.2) is 10.9 Å². The van der Waals surface area contributed by atoms with Crippen molar-refractivity contribution in [2.24, 2.45) is 0 Å². The highest BCUT2D eigenvalue weighted by atomic mass is 35.5. The predicted octanol–water partition coefficient (Wildman–Crippen LogP) is 5.64. The van der Waals surface area contributed by atoms with Crippen LogP contribution in [0.5, 0.6) is 5.75 Å². The second-order valence-corrected chi connectivity index (χ2v) is 6.62. The highest BCUT2D eigenvalue weighted by Crippen LogP contribution is 2.28. The first kappa shape index (κ1) is 18.3. The van der Waals surface area contributed by atoms with E-state index in [1.54, 1.807) is 18.2 Å². The largest absolute Gasteiger partial charge is 0.489 e. The molecule has 0 unspecified atom stereocenters. The van der Waals surface area contributed by atoms with E-state index in [0.717, 1.165) is 22.8 Å². The Kier molecular flexibility index (Phi) is 5.82. The molecule has 0 saturated carbocycles. The smallest absolute Gasteiger partial charge is 0.166 e. The first-order chi connectivity index (χ1) is 12.6. The molecule has 0 fully saturated rings. The van der Waals surface area contributed by atoms with Crippen molar-refractivity contribution in [1.82, 2.24) is 4.57 Å². The summed E-state index contributed by atoms with van der Waals surface area (Å²) in [5.41, 5.74) is 2.26. The van der Waals surface area contributed by atoms with E-state index in [-0.39, 0.29) is 6.61 Å². The zero-order chi connectivity index (χ0) is 18.5. The van der Waals surface area contributed by atoms with Gasteiger partial charge in [0.05, 0.1) is 11.8 Å². The SMILES string of the molecule is N#CCCCn1c(C=O)cc2cc(OCc3c(Cl)cccc3Cl)ccc21. The quantitative estimate of drug-likeness (QED) is 0.389. The molecule has 0 radical (unpaired) electrons. The molecule has 0 aliphatic rings. The number of nitrogens with zero attached hydrogens (tertiary/aromatic N) is 2. The van der Waals surface area contributed by atoms with E-state index < -0.39 is 0 Å². The molecule has 0 atom stereocenters. The van der Waals surface area contributed by atoms with Gasteiger partial charge < -0.3 is 9.30 Å². The van der Waals surface area contributed by atoms with Crippen LogP contribution in [0.3, 0.4) is 0 Å². The lowest BCUT2D eigenvalue weighted by Crippen LogP contribution is -2.02. The molecule has 0 bridgehead atoms. The number of halogens is 2. The third-order valence-corrected chi connectivity index (χ3v) is 4.85. The molecule has 1 heterocycles. The fraction of sp³-hybridized carbons (Fsp3) is 0.200. The van der Waals surface area contributed by atoms with Crippen LogP contribution in [0.1, 0.15) is 28.9 Å². The minimum atomic E-state index is 0.257. The summed E-state index contributed by atoms with van der Waals surface area (Å²) < 4.78 is 7.76. The second-order valence-electron chi connectivity index (χ2n) is 5.81. The van der Waals surface area contributed by atoms with E-state index in [1.807, 2.05) is 28.8 Å². The van der Waals surface area contributed by atoms with Crippen molar-refractivity contribution in [2.75, 3.05) is 0 Å². The number of hydrogen-bond acceptors (Lipinski definition) is 3. The van der Waals surface area contributed by atoms with Gasteiger partial charge in [0, 0.05) is 39.5 Å². The van der Waals surface area contributed by atoms with Gasteiger partial charge in [0.1, 0.15) is 12.4 Å². The summed E-state index contributed by atoms with van der Waals surface area (Å²) in [6.45, 7) is 0.883. The summed E-state index contributed by atoms with van der Waals surface area (Å²) in [5.74, 6) is 0.667.